The highest BCUT2D eigenvalue weighted by Crippen LogP contribution is 2.26. The summed E-state index contributed by atoms with van der Waals surface area (Å²) in [5, 5.41) is 3.88. The number of nitrogens with one attached hydrogen (secondary N) is 1. The second-order valence-electron chi connectivity index (χ2n) is 5.47. The van der Waals surface area contributed by atoms with Crippen molar-refractivity contribution < 1.29 is 4.79 Å². The molecule has 20 heavy (non-hydrogen) atoms. The van der Waals surface area contributed by atoms with Gasteiger partial charge >= 0.3 is 0 Å². The Morgan fingerprint density at radius 1 is 1.30 bits per heavy atom. The second-order valence-corrected chi connectivity index (χ2v) is 6.59. The largest absolute Gasteiger partial charge is 0.348 e. The fourth-order valence-electron chi connectivity index (χ4n) is 2.74. The van der Waals surface area contributed by atoms with Crippen LogP contribution in [0.1, 0.15) is 37.1 Å². The number of fused-ring (bicyclic) bond motifs is 1. The third kappa shape index (κ3) is 2.69. The summed E-state index contributed by atoms with van der Waals surface area (Å²) < 4.78 is 1.15. The Labute approximate surface area is 122 Å². The minimum absolute atomic E-state index is 0.0311. The van der Waals surface area contributed by atoms with E-state index in [2.05, 4.69) is 10.3 Å². The van der Waals surface area contributed by atoms with Crippen LogP contribution in [0.4, 0.5) is 0 Å². The van der Waals surface area contributed by atoms with E-state index in [1.807, 2.05) is 24.3 Å². The molecule has 0 bridgehead atoms. The fourth-order valence-corrected chi connectivity index (χ4v) is 3.64. The molecule has 0 atom stereocenters. The molecule has 106 valence electrons. The maximum Gasteiger partial charge on any atom is 0.240 e. The van der Waals surface area contributed by atoms with Gasteiger partial charge in [0, 0.05) is 0 Å². The third-order valence-electron chi connectivity index (χ3n) is 3.94. The second kappa shape index (κ2) is 5.50. The van der Waals surface area contributed by atoms with Crippen molar-refractivity contribution >= 4 is 27.5 Å². The van der Waals surface area contributed by atoms with E-state index in [4.69, 9.17) is 5.73 Å². The lowest BCUT2D eigenvalue weighted by atomic mass is 9.82. The molecular weight excluding hydrogens is 270 g/mol. The van der Waals surface area contributed by atoms with Gasteiger partial charge in [-0.3, -0.25) is 4.79 Å². The van der Waals surface area contributed by atoms with E-state index in [-0.39, 0.29) is 5.91 Å². The van der Waals surface area contributed by atoms with Crippen molar-refractivity contribution in [2.24, 2.45) is 5.73 Å². The summed E-state index contributed by atoms with van der Waals surface area (Å²) in [6.07, 6.45) is 4.86. The Balaban J connectivity index is 1.65. The topological polar surface area (TPSA) is 68.0 Å². The summed E-state index contributed by atoms with van der Waals surface area (Å²) in [6, 6.07) is 8.01. The molecule has 1 fully saturated rings. The molecule has 0 saturated heterocycles. The number of aromatic nitrogens is 1. The maximum atomic E-state index is 12.2. The van der Waals surface area contributed by atoms with Crippen molar-refractivity contribution in [3.8, 4) is 0 Å². The van der Waals surface area contributed by atoms with Crippen LogP contribution in [0.25, 0.3) is 10.2 Å². The smallest absolute Gasteiger partial charge is 0.240 e. The molecule has 0 aliphatic heterocycles. The average Bonchev–Trinajstić information content (AvgIpc) is 2.88. The molecule has 1 aromatic heterocycles. The van der Waals surface area contributed by atoms with Crippen LogP contribution < -0.4 is 11.1 Å². The quantitative estimate of drug-likeness (QED) is 0.912. The number of para-hydroxylation sites is 1. The van der Waals surface area contributed by atoms with Gasteiger partial charge in [0.25, 0.3) is 0 Å². The normalized spacial score (nSPS) is 18.1. The van der Waals surface area contributed by atoms with Crippen LogP contribution in [0.15, 0.2) is 24.3 Å². The minimum atomic E-state index is -0.672. The molecule has 2 aromatic rings. The highest BCUT2D eigenvalue weighted by atomic mass is 32.1. The van der Waals surface area contributed by atoms with Gasteiger partial charge < -0.3 is 11.1 Å². The Bertz CT molecular complexity index is 583. The molecule has 1 aliphatic rings. The number of amides is 1. The Hall–Kier alpha value is -1.46. The number of nitrogens with zero attached hydrogens (tertiary/aromatic N) is 1. The van der Waals surface area contributed by atoms with Gasteiger partial charge in [0.2, 0.25) is 5.91 Å². The van der Waals surface area contributed by atoms with E-state index in [1.165, 1.54) is 6.42 Å². The van der Waals surface area contributed by atoms with Gasteiger partial charge in [-0.15, -0.1) is 11.3 Å². The van der Waals surface area contributed by atoms with Gasteiger partial charge in [0.1, 0.15) is 5.01 Å². The van der Waals surface area contributed by atoms with Gasteiger partial charge in [-0.2, -0.15) is 0 Å². The average molecular weight is 289 g/mol. The summed E-state index contributed by atoms with van der Waals surface area (Å²) >= 11 is 1.62. The van der Waals surface area contributed by atoms with Gasteiger partial charge in [-0.1, -0.05) is 31.4 Å². The first-order valence-electron chi connectivity index (χ1n) is 7.09. The molecule has 0 spiro atoms. The first-order valence-corrected chi connectivity index (χ1v) is 7.91. The zero-order chi connectivity index (χ0) is 14.0. The number of hydrogen-bond acceptors (Lipinski definition) is 4. The van der Waals surface area contributed by atoms with E-state index in [1.54, 1.807) is 11.3 Å². The molecule has 1 amide bonds. The van der Waals surface area contributed by atoms with E-state index in [0.29, 0.717) is 6.54 Å². The highest BCUT2D eigenvalue weighted by molar-refractivity contribution is 7.18. The molecule has 3 rings (SSSR count). The first-order chi connectivity index (χ1) is 9.67. The number of thiazole rings is 1. The number of rotatable bonds is 3. The lowest BCUT2D eigenvalue weighted by Gasteiger charge is -2.31. The zero-order valence-corrected chi connectivity index (χ0v) is 12.2. The van der Waals surface area contributed by atoms with Crippen LogP contribution in [-0.4, -0.2) is 16.4 Å². The molecule has 1 saturated carbocycles. The molecule has 3 N–H and O–H groups in total. The minimum Gasteiger partial charge on any atom is -0.348 e. The Kier molecular flexibility index (Phi) is 3.72. The van der Waals surface area contributed by atoms with E-state index in [9.17, 15) is 4.79 Å². The number of carbonyl (C=O) groups is 1. The summed E-state index contributed by atoms with van der Waals surface area (Å²) in [4.78, 5) is 16.8. The Morgan fingerprint density at radius 2 is 2.05 bits per heavy atom. The van der Waals surface area contributed by atoms with Crippen LogP contribution in [0.5, 0.6) is 0 Å². The van der Waals surface area contributed by atoms with Crippen LogP contribution >= 0.6 is 11.3 Å². The monoisotopic (exact) mass is 289 g/mol. The van der Waals surface area contributed by atoms with Gasteiger partial charge in [-0.25, -0.2) is 4.98 Å². The van der Waals surface area contributed by atoms with Crippen molar-refractivity contribution in [1.29, 1.82) is 0 Å². The van der Waals surface area contributed by atoms with Crippen molar-refractivity contribution in [3.05, 3.63) is 29.3 Å². The van der Waals surface area contributed by atoms with Crippen LogP contribution in [0, 0.1) is 0 Å². The van der Waals surface area contributed by atoms with E-state index in [0.717, 1.165) is 40.9 Å². The number of hydrogen-bond donors (Lipinski definition) is 2. The Morgan fingerprint density at radius 3 is 2.80 bits per heavy atom. The van der Waals surface area contributed by atoms with Gasteiger partial charge in [0.15, 0.2) is 0 Å². The van der Waals surface area contributed by atoms with Gasteiger partial charge in [-0.05, 0) is 25.0 Å². The number of nitrogens with two attached hydrogens (primary N) is 1. The molecule has 0 radical (unpaired) electrons. The van der Waals surface area contributed by atoms with Crippen molar-refractivity contribution in [1.82, 2.24) is 10.3 Å². The predicted octanol–water partition coefficient (Wildman–Crippen LogP) is 2.57. The first kappa shape index (κ1) is 13.5. The molecule has 5 heteroatoms. The number of carbonyl (C=O) groups excluding carboxylic acids is 1. The molecular formula is C15H19N3OS. The van der Waals surface area contributed by atoms with Crippen LogP contribution in [0.2, 0.25) is 0 Å². The van der Waals surface area contributed by atoms with Crippen LogP contribution in [-0.2, 0) is 11.3 Å². The molecule has 1 aromatic carbocycles. The summed E-state index contributed by atoms with van der Waals surface area (Å²) in [7, 11) is 0. The van der Waals surface area contributed by atoms with Crippen molar-refractivity contribution in [2.45, 2.75) is 44.2 Å². The van der Waals surface area contributed by atoms with Crippen molar-refractivity contribution in [2.75, 3.05) is 0 Å². The van der Waals surface area contributed by atoms with E-state index < -0.39 is 5.54 Å². The molecule has 0 unspecified atom stereocenters. The van der Waals surface area contributed by atoms with Crippen LogP contribution in [0.3, 0.4) is 0 Å². The summed E-state index contributed by atoms with van der Waals surface area (Å²) in [5.74, 6) is -0.0311. The molecule has 1 heterocycles. The predicted molar refractivity (Wildman–Crippen MR) is 81.5 cm³/mol. The summed E-state index contributed by atoms with van der Waals surface area (Å²) in [5.41, 5.74) is 6.53. The lowest BCUT2D eigenvalue weighted by molar-refractivity contribution is -0.127. The fraction of sp³-hybridized carbons (Fsp3) is 0.467. The maximum absolute atomic E-state index is 12.2. The zero-order valence-electron chi connectivity index (χ0n) is 11.4. The SMILES string of the molecule is NC1(C(=O)NCc2nc3ccccc3s2)CCCCC1. The number of benzene rings is 1. The third-order valence-corrected chi connectivity index (χ3v) is 4.97. The van der Waals surface area contributed by atoms with Crippen molar-refractivity contribution in [3.63, 3.8) is 0 Å². The standard InChI is InChI=1S/C15H19N3OS/c16-15(8-4-1-5-9-15)14(19)17-10-13-18-11-6-2-3-7-12(11)20-13/h2-3,6-7H,1,4-5,8-10,16H2,(H,17,19). The van der Waals surface area contributed by atoms with E-state index >= 15 is 0 Å². The summed E-state index contributed by atoms with van der Waals surface area (Å²) in [6.45, 7) is 0.469. The molecule has 1 aliphatic carbocycles. The molecule has 4 nitrogen and oxygen atoms in total. The highest BCUT2D eigenvalue weighted by Gasteiger charge is 2.34. The lowest BCUT2D eigenvalue weighted by Crippen LogP contribution is -2.54. The van der Waals surface area contributed by atoms with Gasteiger partial charge in [0.05, 0.1) is 22.3 Å².